The van der Waals surface area contributed by atoms with Crippen molar-refractivity contribution in [2.24, 2.45) is 7.05 Å². The maximum atomic E-state index is 12.8. The summed E-state index contributed by atoms with van der Waals surface area (Å²) in [5.74, 6) is 3.47. The van der Waals surface area contributed by atoms with Crippen molar-refractivity contribution in [2.45, 2.75) is 25.3 Å². The molecule has 0 aliphatic heterocycles. The molecule has 0 saturated carbocycles. The molecule has 2 amide bonds. The van der Waals surface area contributed by atoms with E-state index >= 15 is 0 Å². The number of anilines is 1. The average molecular weight is 473 g/mol. The fourth-order valence-electron chi connectivity index (χ4n) is 4.20. The molecule has 4 rings (SSSR count). The molecule has 9 nitrogen and oxygen atoms in total. The van der Waals surface area contributed by atoms with Crippen LogP contribution in [0.5, 0.6) is 0 Å². The summed E-state index contributed by atoms with van der Waals surface area (Å²) in [7, 11) is 1.45. The van der Waals surface area contributed by atoms with E-state index in [4.69, 9.17) is 4.74 Å². The summed E-state index contributed by atoms with van der Waals surface area (Å²) in [6.45, 7) is 1.71. The number of carbonyl (C=O) groups is 3. The summed E-state index contributed by atoms with van der Waals surface area (Å²) >= 11 is 0. The number of fused-ring (bicyclic) bond motifs is 3. The molecule has 0 radical (unpaired) electrons. The Morgan fingerprint density at radius 2 is 1.74 bits per heavy atom. The summed E-state index contributed by atoms with van der Waals surface area (Å²) in [6, 6.07) is 14.9. The zero-order valence-corrected chi connectivity index (χ0v) is 19.2. The number of aromatic nitrogens is 2. The van der Waals surface area contributed by atoms with E-state index in [1.54, 1.807) is 6.92 Å². The lowest BCUT2D eigenvalue weighted by molar-refractivity contribution is -0.118. The molecule has 35 heavy (non-hydrogen) atoms. The van der Waals surface area contributed by atoms with Crippen molar-refractivity contribution in [3.05, 3.63) is 71.5 Å². The minimum Gasteiger partial charge on any atom is -0.476 e. The average Bonchev–Trinajstić information content (AvgIpc) is 3.37. The van der Waals surface area contributed by atoms with Gasteiger partial charge in [-0.1, -0.05) is 48.5 Å². The number of aromatic carboxylic acids is 1. The molecule has 1 heterocycles. The fourth-order valence-corrected chi connectivity index (χ4v) is 4.20. The number of nitrogens with zero attached hydrogens (tertiary/aromatic N) is 2. The van der Waals surface area contributed by atoms with Crippen LogP contribution in [-0.4, -0.2) is 45.5 Å². The van der Waals surface area contributed by atoms with Crippen molar-refractivity contribution in [1.82, 2.24) is 15.1 Å². The van der Waals surface area contributed by atoms with E-state index in [1.165, 1.54) is 13.2 Å². The van der Waals surface area contributed by atoms with Crippen molar-refractivity contribution >= 4 is 23.7 Å². The third-order valence-electron chi connectivity index (χ3n) is 5.83. The maximum absolute atomic E-state index is 12.8. The third-order valence-corrected chi connectivity index (χ3v) is 5.83. The normalized spacial score (nSPS) is 12.5. The van der Waals surface area contributed by atoms with Crippen molar-refractivity contribution in [2.75, 3.05) is 11.9 Å². The van der Waals surface area contributed by atoms with Crippen LogP contribution in [0.1, 0.15) is 40.9 Å². The van der Waals surface area contributed by atoms with Gasteiger partial charge in [-0.3, -0.25) is 9.48 Å². The molecular formula is C26H24N4O5. The zero-order valence-electron chi connectivity index (χ0n) is 19.2. The first-order valence-electron chi connectivity index (χ1n) is 11.0. The number of hydrogen-bond acceptors (Lipinski definition) is 5. The van der Waals surface area contributed by atoms with E-state index in [0.29, 0.717) is 0 Å². The van der Waals surface area contributed by atoms with E-state index in [2.05, 4.69) is 27.6 Å². The first-order valence-corrected chi connectivity index (χ1v) is 11.0. The van der Waals surface area contributed by atoms with Crippen molar-refractivity contribution in [3.8, 4) is 23.0 Å². The molecular weight excluding hydrogens is 448 g/mol. The van der Waals surface area contributed by atoms with Crippen LogP contribution < -0.4 is 10.6 Å². The lowest BCUT2D eigenvalue weighted by atomic mass is 9.98. The van der Waals surface area contributed by atoms with Gasteiger partial charge in [0.1, 0.15) is 12.6 Å². The van der Waals surface area contributed by atoms with E-state index in [0.717, 1.165) is 26.9 Å². The predicted molar refractivity (Wildman–Crippen MR) is 129 cm³/mol. The molecule has 1 unspecified atom stereocenters. The minimum absolute atomic E-state index is 0.0220. The van der Waals surface area contributed by atoms with E-state index in [-0.39, 0.29) is 30.3 Å². The molecule has 0 saturated heterocycles. The molecule has 1 aliphatic carbocycles. The van der Waals surface area contributed by atoms with Crippen LogP contribution in [0.25, 0.3) is 11.1 Å². The Labute approximate surface area is 202 Å². The molecule has 3 aromatic rings. The van der Waals surface area contributed by atoms with Crippen molar-refractivity contribution < 1.29 is 24.2 Å². The van der Waals surface area contributed by atoms with Crippen LogP contribution in [0.15, 0.2) is 54.7 Å². The quantitative estimate of drug-likeness (QED) is 0.453. The highest BCUT2D eigenvalue weighted by molar-refractivity contribution is 6.02. The lowest BCUT2D eigenvalue weighted by Crippen LogP contribution is -2.44. The SMILES string of the molecule is CC#CCC(NC(=O)OCC1c2ccccc2-c2ccccc21)C(=O)Nc1cnn(C)c1C(=O)O. The highest BCUT2D eigenvalue weighted by Gasteiger charge is 2.30. The Morgan fingerprint density at radius 3 is 2.34 bits per heavy atom. The number of benzene rings is 2. The number of carboxylic acids is 1. The summed E-state index contributed by atoms with van der Waals surface area (Å²) in [6.07, 6.45) is 0.487. The standard InChI is InChI=1S/C26H24N4O5/c1-3-4-13-21(24(31)28-22-14-27-30(2)23(22)25(32)33)29-26(34)35-15-20-18-11-7-5-9-16(18)17-10-6-8-12-19(17)20/h5-12,14,20-21H,13,15H2,1-2H3,(H,28,31)(H,29,34)(H,32,33). The van der Waals surface area contributed by atoms with Gasteiger partial charge in [-0.05, 0) is 29.2 Å². The number of rotatable bonds is 7. The monoisotopic (exact) mass is 472 g/mol. The Balaban J connectivity index is 1.44. The number of carbonyl (C=O) groups excluding carboxylic acids is 2. The van der Waals surface area contributed by atoms with Crippen LogP contribution in [0.4, 0.5) is 10.5 Å². The maximum Gasteiger partial charge on any atom is 0.407 e. The summed E-state index contributed by atoms with van der Waals surface area (Å²) in [4.78, 5) is 37.0. The van der Waals surface area contributed by atoms with Gasteiger partial charge in [0.2, 0.25) is 5.91 Å². The molecule has 1 atom stereocenters. The van der Waals surface area contributed by atoms with Crippen LogP contribution >= 0.6 is 0 Å². The molecule has 2 aromatic carbocycles. The number of hydrogen-bond donors (Lipinski definition) is 3. The van der Waals surface area contributed by atoms with E-state index in [1.807, 2.05) is 48.5 Å². The molecule has 0 spiro atoms. The summed E-state index contributed by atoms with van der Waals surface area (Å²) < 4.78 is 6.66. The van der Waals surface area contributed by atoms with Crippen LogP contribution in [-0.2, 0) is 16.6 Å². The van der Waals surface area contributed by atoms with Crippen LogP contribution in [0, 0.1) is 11.8 Å². The van der Waals surface area contributed by atoms with Gasteiger partial charge in [0, 0.05) is 19.4 Å². The molecule has 1 aromatic heterocycles. The Kier molecular flexibility index (Phi) is 6.83. The second-order valence-corrected chi connectivity index (χ2v) is 7.98. The largest absolute Gasteiger partial charge is 0.476 e. The third kappa shape index (κ3) is 4.87. The molecule has 1 aliphatic rings. The molecule has 3 N–H and O–H groups in total. The number of aryl methyl sites for hydroxylation is 1. The minimum atomic E-state index is -1.24. The summed E-state index contributed by atoms with van der Waals surface area (Å²) in [5, 5.41) is 18.3. The second kappa shape index (κ2) is 10.1. The fraction of sp³-hybridized carbons (Fsp3) is 0.231. The van der Waals surface area contributed by atoms with Crippen molar-refractivity contribution in [1.29, 1.82) is 0 Å². The number of ether oxygens (including phenoxy) is 1. The van der Waals surface area contributed by atoms with Gasteiger partial charge in [0.25, 0.3) is 0 Å². The van der Waals surface area contributed by atoms with Gasteiger partial charge in [-0.15, -0.1) is 11.8 Å². The van der Waals surface area contributed by atoms with Gasteiger partial charge in [0.15, 0.2) is 5.69 Å². The van der Waals surface area contributed by atoms with Gasteiger partial charge in [-0.2, -0.15) is 5.10 Å². The first-order chi connectivity index (χ1) is 16.9. The highest BCUT2D eigenvalue weighted by atomic mass is 16.5. The van der Waals surface area contributed by atoms with Gasteiger partial charge >= 0.3 is 12.1 Å². The summed E-state index contributed by atoms with van der Waals surface area (Å²) in [5.41, 5.74) is 4.21. The number of alkyl carbamates (subject to hydrolysis) is 1. The second-order valence-electron chi connectivity index (χ2n) is 7.98. The molecule has 178 valence electrons. The number of nitrogens with one attached hydrogen (secondary N) is 2. The Hall–Kier alpha value is -4.58. The Bertz CT molecular complexity index is 1310. The lowest BCUT2D eigenvalue weighted by Gasteiger charge is -2.18. The van der Waals surface area contributed by atoms with Crippen LogP contribution in [0.3, 0.4) is 0 Å². The Morgan fingerprint density at radius 1 is 1.11 bits per heavy atom. The number of carboxylic acid groups (broad SMARTS) is 1. The zero-order chi connectivity index (χ0) is 24.9. The van der Waals surface area contributed by atoms with E-state index in [9.17, 15) is 19.5 Å². The predicted octanol–water partition coefficient (Wildman–Crippen LogP) is 3.38. The number of amides is 2. The highest BCUT2D eigenvalue weighted by Crippen LogP contribution is 2.44. The van der Waals surface area contributed by atoms with Gasteiger partial charge in [-0.25, -0.2) is 9.59 Å². The van der Waals surface area contributed by atoms with Crippen molar-refractivity contribution in [3.63, 3.8) is 0 Å². The van der Waals surface area contributed by atoms with Gasteiger partial charge < -0.3 is 20.5 Å². The molecule has 0 bridgehead atoms. The van der Waals surface area contributed by atoms with Crippen LogP contribution in [0.2, 0.25) is 0 Å². The first kappa shape index (κ1) is 23.6. The molecule has 9 heteroatoms. The molecule has 0 fully saturated rings. The topological polar surface area (TPSA) is 123 Å². The smallest absolute Gasteiger partial charge is 0.407 e. The van der Waals surface area contributed by atoms with Gasteiger partial charge in [0.05, 0.1) is 11.9 Å². The van der Waals surface area contributed by atoms with E-state index < -0.39 is 24.0 Å².